The van der Waals surface area contributed by atoms with Crippen LogP contribution in [-0.4, -0.2) is 30.9 Å². The summed E-state index contributed by atoms with van der Waals surface area (Å²) in [6, 6.07) is 6.95. The fraction of sp³-hybridized carbons (Fsp3) is 0.133. The average molecular weight is 368 g/mol. The van der Waals surface area contributed by atoms with Crippen LogP contribution < -0.4 is 4.90 Å². The first kappa shape index (κ1) is 16.0. The van der Waals surface area contributed by atoms with Crippen molar-refractivity contribution in [1.29, 1.82) is 0 Å². The van der Waals surface area contributed by atoms with E-state index in [1.54, 1.807) is 30.3 Å². The summed E-state index contributed by atoms with van der Waals surface area (Å²) in [7, 11) is 3.73. The number of esters is 1. The maximum Gasteiger partial charge on any atom is 0.363 e. The SMILES string of the molecule is CN(C)c1nc(Cl)c(/C=C2\N=C(c3cccc(Cl)c3)OC2=O)s1. The number of nitrogens with zero attached hydrogens (tertiary/aromatic N) is 3. The lowest BCUT2D eigenvalue weighted by Crippen LogP contribution is -2.07. The van der Waals surface area contributed by atoms with Crippen molar-refractivity contribution in [2.45, 2.75) is 0 Å². The predicted molar refractivity (Wildman–Crippen MR) is 93.5 cm³/mol. The Morgan fingerprint density at radius 2 is 2.09 bits per heavy atom. The maximum atomic E-state index is 12.0. The largest absolute Gasteiger partial charge is 0.402 e. The van der Waals surface area contributed by atoms with Crippen LogP contribution in [0.5, 0.6) is 0 Å². The number of hydrogen-bond donors (Lipinski definition) is 0. The van der Waals surface area contributed by atoms with Crippen molar-refractivity contribution in [3.05, 3.63) is 50.6 Å². The number of aliphatic imine (C=N–C) groups is 1. The van der Waals surface area contributed by atoms with E-state index in [1.807, 2.05) is 19.0 Å². The Morgan fingerprint density at radius 3 is 2.74 bits per heavy atom. The lowest BCUT2D eigenvalue weighted by molar-refractivity contribution is -0.129. The van der Waals surface area contributed by atoms with Crippen molar-refractivity contribution in [3.8, 4) is 0 Å². The number of rotatable bonds is 3. The second-order valence-corrected chi connectivity index (χ2v) is 6.70. The molecule has 3 rings (SSSR count). The third-order valence-electron chi connectivity index (χ3n) is 2.94. The fourth-order valence-corrected chi connectivity index (χ4v) is 3.17. The molecule has 0 unspecified atom stereocenters. The summed E-state index contributed by atoms with van der Waals surface area (Å²) in [5.74, 6) is -0.312. The summed E-state index contributed by atoms with van der Waals surface area (Å²) in [5.41, 5.74) is 0.814. The van der Waals surface area contributed by atoms with Gasteiger partial charge in [0, 0.05) is 24.7 Å². The van der Waals surface area contributed by atoms with E-state index in [-0.39, 0.29) is 11.6 Å². The Hall–Kier alpha value is -1.89. The minimum atomic E-state index is -0.532. The van der Waals surface area contributed by atoms with E-state index in [4.69, 9.17) is 27.9 Å². The van der Waals surface area contributed by atoms with Gasteiger partial charge in [0.1, 0.15) is 5.15 Å². The van der Waals surface area contributed by atoms with Gasteiger partial charge >= 0.3 is 5.97 Å². The van der Waals surface area contributed by atoms with Gasteiger partial charge in [-0.3, -0.25) is 0 Å². The summed E-state index contributed by atoms with van der Waals surface area (Å²) in [5, 5.41) is 1.61. The highest BCUT2D eigenvalue weighted by Gasteiger charge is 2.25. The lowest BCUT2D eigenvalue weighted by atomic mass is 10.2. The van der Waals surface area contributed by atoms with Crippen molar-refractivity contribution < 1.29 is 9.53 Å². The number of ether oxygens (including phenoxy) is 1. The molecule has 2 heterocycles. The number of benzene rings is 1. The van der Waals surface area contributed by atoms with Crippen LogP contribution in [0.4, 0.5) is 5.13 Å². The number of aromatic nitrogens is 1. The number of hydrogen-bond acceptors (Lipinski definition) is 6. The van der Waals surface area contributed by atoms with Crippen LogP contribution in [-0.2, 0) is 9.53 Å². The highest BCUT2D eigenvalue weighted by atomic mass is 35.5. The summed E-state index contributed by atoms with van der Waals surface area (Å²) in [6.45, 7) is 0. The Labute approximate surface area is 146 Å². The van der Waals surface area contributed by atoms with Crippen LogP contribution in [0.15, 0.2) is 35.0 Å². The smallest absolute Gasteiger partial charge is 0.363 e. The number of thiazole rings is 1. The summed E-state index contributed by atoms with van der Waals surface area (Å²) in [4.78, 5) is 22.9. The van der Waals surface area contributed by atoms with Gasteiger partial charge in [0.25, 0.3) is 0 Å². The molecule has 0 radical (unpaired) electrons. The molecule has 5 nitrogen and oxygen atoms in total. The van der Waals surface area contributed by atoms with Crippen LogP contribution in [0.2, 0.25) is 10.2 Å². The van der Waals surface area contributed by atoms with Gasteiger partial charge < -0.3 is 9.64 Å². The number of halogens is 2. The Kier molecular flexibility index (Phi) is 4.39. The minimum absolute atomic E-state index is 0.177. The van der Waals surface area contributed by atoms with Gasteiger partial charge in [-0.05, 0) is 24.3 Å². The molecule has 0 N–H and O–H groups in total. The van der Waals surface area contributed by atoms with Gasteiger partial charge in [0.05, 0.1) is 4.88 Å². The van der Waals surface area contributed by atoms with E-state index < -0.39 is 5.97 Å². The van der Waals surface area contributed by atoms with Crippen molar-refractivity contribution in [2.75, 3.05) is 19.0 Å². The molecule has 0 saturated carbocycles. The maximum absolute atomic E-state index is 12.0. The van der Waals surface area contributed by atoms with Crippen molar-refractivity contribution in [2.24, 2.45) is 4.99 Å². The zero-order valence-electron chi connectivity index (χ0n) is 12.2. The third kappa shape index (κ3) is 3.39. The number of carbonyl (C=O) groups is 1. The molecular weight excluding hydrogens is 357 g/mol. The molecule has 2 aromatic rings. The number of anilines is 1. The van der Waals surface area contributed by atoms with Crippen LogP contribution in [0, 0.1) is 0 Å². The molecule has 0 fully saturated rings. The first-order valence-electron chi connectivity index (χ1n) is 6.56. The molecule has 0 saturated heterocycles. The van der Waals surface area contributed by atoms with Gasteiger partial charge in [0.15, 0.2) is 10.8 Å². The highest BCUT2D eigenvalue weighted by molar-refractivity contribution is 7.17. The molecule has 0 bridgehead atoms. The zero-order valence-corrected chi connectivity index (χ0v) is 14.5. The van der Waals surface area contributed by atoms with Crippen molar-refractivity contribution in [1.82, 2.24) is 4.98 Å². The van der Waals surface area contributed by atoms with E-state index in [2.05, 4.69) is 9.98 Å². The molecule has 0 spiro atoms. The van der Waals surface area contributed by atoms with Crippen LogP contribution in [0.25, 0.3) is 6.08 Å². The molecule has 0 amide bonds. The molecule has 118 valence electrons. The third-order valence-corrected chi connectivity index (χ3v) is 4.75. The summed E-state index contributed by atoms with van der Waals surface area (Å²) < 4.78 is 5.20. The number of carbonyl (C=O) groups excluding carboxylic acids is 1. The highest BCUT2D eigenvalue weighted by Crippen LogP contribution is 2.31. The van der Waals surface area contributed by atoms with E-state index in [0.29, 0.717) is 20.6 Å². The predicted octanol–water partition coefficient (Wildman–Crippen LogP) is 3.86. The Morgan fingerprint density at radius 1 is 1.30 bits per heavy atom. The zero-order chi connectivity index (χ0) is 16.6. The van der Waals surface area contributed by atoms with Crippen LogP contribution in [0.1, 0.15) is 10.4 Å². The van der Waals surface area contributed by atoms with Gasteiger partial charge in [-0.15, -0.1) is 0 Å². The Balaban J connectivity index is 1.95. The fourth-order valence-electron chi connectivity index (χ4n) is 1.86. The molecular formula is C15H11Cl2N3O2S. The average Bonchev–Trinajstić information content (AvgIpc) is 3.04. The van der Waals surface area contributed by atoms with E-state index >= 15 is 0 Å². The summed E-state index contributed by atoms with van der Waals surface area (Å²) >= 11 is 13.4. The van der Waals surface area contributed by atoms with E-state index in [9.17, 15) is 4.79 Å². The molecule has 1 aromatic carbocycles. The normalized spacial score (nSPS) is 15.7. The molecule has 8 heteroatoms. The molecule has 0 atom stereocenters. The van der Waals surface area contributed by atoms with Gasteiger partial charge in [-0.25, -0.2) is 14.8 Å². The molecule has 1 aliphatic heterocycles. The summed E-state index contributed by atoms with van der Waals surface area (Å²) in [6.07, 6.45) is 1.58. The second-order valence-electron chi connectivity index (χ2n) is 4.89. The monoisotopic (exact) mass is 367 g/mol. The number of cyclic esters (lactones) is 1. The van der Waals surface area contributed by atoms with Gasteiger partial charge in [-0.1, -0.05) is 40.6 Å². The quantitative estimate of drug-likeness (QED) is 0.610. The van der Waals surface area contributed by atoms with Gasteiger partial charge in [-0.2, -0.15) is 0 Å². The molecule has 1 aliphatic rings. The van der Waals surface area contributed by atoms with Gasteiger partial charge in [0.2, 0.25) is 5.90 Å². The molecule has 1 aromatic heterocycles. The van der Waals surface area contributed by atoms with Crippen LogP contribution >= 0.6 is 34.5 Å². The van der Waals surface area contributed by atoms with Crippen LogP contribution in [0.3, 0.4) is 0 Å². The van der Waals surface area contributed by atoms with Crippen molar-refractivity contribution in [3.63, 3.8) is 0 Å². The molecule has 23 heavy (non-hydrogen) atoms. The van der Waals surface area contributed by atoms with E-state index in [0.717, 1.165) is 5.13 Å². The first-order valence-corrected chi connectivity index (χ1v) is 8.13. The van der Waals surface area contributed by atoms with E-state index in [1.165, 1.54) is 11.3 Å². The Bertz CT molecular complexity index is 843. The standard InChI is InChI=1S/C15H11Cl2N3O2S/c1-20(2)15-19-12(17)11(23-15)7-10-14(21)22-13(18-10)8-4-3-5-9(16)6-8/h3-7H,1-2H3/b10-7-. The minimum Gasteiger partial charge on any atom is -0.402 e. The topological polar surface area (TPSA) is 54.8 Å². The lowest BCUT2D eigenvalue weighted by Gasteiger charge is -2.04. The van der Waals surface area contributed by atoms with Crippen molar-refractivity contribution >= 4 is 57.6 Å². The molecule has 0 aliphatic carbocycles. The second kappa shape index (κ2) is 6.31. The first-order chi connectivity index (χ1) is 10.9.